The monoisotopic (exact) mass is 380 g/mol. The van der Waals surface area contributed by atoms with Crippen molar-refractivity contribution in [1.82, 2.24) is 4.90 Å². The van der Waals surface area contributed by atoms with E-state index in [1.807, 2.05) is 6.92 Å². The molecule has 0 saturated carbocycles. The van der Waals surface area contributed by atoms with Crippen LogP contribution in [0.3, 0.4) is 0 Å². The van der Waals surface area contributed by atoms with E-state index in [9.17, 15) is 9.59 Å². The van der Waals surface area contributed by atoms with E-state index in [0.717, 1.165) is 31.4 Å². The largest absolute Gasteiger partial charge is 0.465 e. The number of morpholine rings is 1. The summed E-state index contributed by atoms with van der Waals surface area (Å²) in [5, 5.41) is 3.61. The summed E-state index contributed by atoms with van der Waals surface area (Å²) in [5.41, 5.74) is 1.61. The summed E-state index contributed by atoms with van der Waals surface area (Å²) in [7, 11) is 1.39. The quantitative estimate of drug-likeness (QED) is 0.814. The Bertz CT molecular complexity index is 687. The summed E-state index contributed by atoms with van der Waals surface area (Å²) >= 11 is 1.53. The molecule has 0 aromatic carbocycles. The van der Waals surface area contributed by atoms with Crippen molar-refractivity contribution in [3.05, 3.63) is 16.0 Å². The molecule has 3 rings (SSSR count). The van der Waals surface area contributed by atoms with Gasteiger partial charge in [0.05, 0.1) is 31.9 Å². The fraction of sp³-hybridized carbons (Fsp3) is 0.684. The van der Waals surface area contributed by atoms with E-state index in [1.54, 1.807) is 0 Å². The zero-order valence-electron chi connectivity index (χ0n) is 16.0. The lowest BCUT2D eigenvalue weighted by molar-refractivity contribution is -0.121. The molecule has 0 bridgehead atoms. The molecule has 0 spiro atoms. The second kappa shape index (κ2) is 8.06. The maximum atomic E-state index is 12.6. The molecule has 2 aliphatic rings. The second-order valence-corrected chi connectivity index (χ2v) is 8.62. The summed E-state index contributed by atoms with van der Waals surface area (Å²) in [5.74, 6) is 0.148. The first-order valence-electron chi connectivity index (χ1n) is 9.27. The highest BCUT2D eigenvalue weighted by molar-refractivity contribution is 7.17. The number of hydrogen-bond donors (Lipinski definition) is 1. The molecule has 6 nitrogen and oxygen atoms in total. The Kier molecular flexibility index (Phi) is 5.99. The number of thiophene rings is 1. The molecule has 1 aromatic rings. The van der Waals surface area contributed by atoms with Gasteiger partial charge in [0.2, 0.25) is 5.91 Å². The molecule has 1 aromatic heterocycles. The molecular weight excluding hydrogens is 352 g/mol. The van der Waals surface area contributed by atoms with Crippen molar-refractivity contribution in [2.45, 2.75) is 52.2 Å². The molecule has 144 valence electrons. The van der Waals surface area contributed by atoms with E-state index < -0.39 is 0 Å². The number of anilines is 1. The minimum absolute atomic E-state index is 0.0947. The molecule has 2 heterocycles. The van der Waals surface area contributed by atoms with Crippen molar-refractivity contribution >= 4 is 28.2 Å². The van der Waals surface area contributed by atoms with Gasteiger partial charge in [0.1, 0.15) is 5.00 Å². The number of rotatable bonds is 4. The van der Waals surface area contributed by atoms with Crippen LogP contribution in [-0.2, 0) is 27.1 Å². The first-order valence-corrected chi connectivity index (χ1v) is 10.1. The van der Waals surface area contributed by atoms with Crippen LogP contribution in [0.4, 0.5) is 5.00 Å². The van der Waals surface area contributed by atoms with Crippen LogP contribution in [0.5, 0.6) is 0 Å². The van der Waals surface area contributed by atoms with E-state index in [-0.39, 0.29) is 24.0 Å². The molecular formula is C19H28N2O4S. The van der Waals surface area contributed by atoms with Gasteiger partial charge in [0.15, 0.2) is 0 Å². The Labute approximate surface area is 158 Å². The van der Waals surface area contributed by atoms with Gasteiger partial charge in [-0.3, -0.25) is 9.69 Å². The molecule has 1 amide bonds. The zero-order valence-corrected chi connectivity index (χ0v) is 16.8. The molecule has 3 unspecified atom stereocenters. The minimum atomic E-state index is -0.360. The number of carbonyl (C=O) groups excluding carboxylic acids is 2. The van der Waals surface area contributed by atoms with Crippen LogP contribution in [0.15, 0.2) is 0 Å². The number of nitrogens with zero attached hydrogens (tertiary/aromatic N) is 1. The Morgan fingerprint density at radius 1 is 1.35 bits per heavy atom. The van der Waals surface area contributed by atoms with Crippen molar-refractivity contribution < 1.29 is 19.1 Å². The van der Waals surface area contributed by atoms with Gasteiger partial charge in [-0.25, -0.2) is 4.79 Å². The van der Waals surface area contributed by atoms with E-state index >= 15 is 0 Å². The number of carbonyl (C=O) groups is 2. The summed E-state index contributed by atoms with van der Waals surface area (Å²) in [6.07, 6.45) is 3.01. The predicted molar refractivity (Wildman–Crippen MR) is 102 cm³/mol. The fourth-order valence-corrected chi connectivity index (χ4v) is 5.11. The number of methoxy groups -OCH3 is 1. The maximum absolute atomic E-state index is 12.6. The van der Waals surface area contributed by atoms with Gasteiger partial charge in [-0.15, -0.1) is 11.3 Å². The number of nitrogens with one attached hydrogen (secondary N) is 1. The van der Waals surface area contributed by atoms with Crippen LogP contribution in [0, 0.1) is 5.92 Å². The lowest BCUT2D eigenvalue weighted by Crippen LogP contribution is -2.50. The molecule has 1 aliphatic heterocycles. The zero-order chi connectivity index (χ0) is 18.8. The maximum Gasteiger partial charge on any atom is 0.341 e. The summed E-state index contributed by atoms with van der Waals surface area (Å²) in [6.45, 7) is 7.96. The Balaban J connectivity index is 1.76. The third kappa shape index (κ3) is 4.10. The van der Waals surface area contributed by atoms with Crippen molar-refractivity contribution in [1.29, 1.82) is 0 Å². The Morgan fingerprint density at radius 2 is 2.12 bits per heavy atom. The van der Waals surface area contributed by atoms with Gasteiger partial charge in [0.25, 0.3) is 0 Å². The summed E-state index contributed by atoms with van der Waals surface area (Å²) in [4.78, 5) is 28.3. The fourth-order valence-electron chi connectivity index (χ4n) is 3.70. The van der Waals surface area contributed by atoms with Gasteiger partial charge >= 0.3 is 5.97 Å². The average molecular weight is 381 g/mol. The molecule has 1 saturated heterocycles. The highest BCUT2D eigenvalue weighted by Gasteiger charge is 2.30. The molecule has 0 radical (unpaired) electrons. The number of esters is 1. The van der Waals surface area contributed by atoms with Crippen LogP contribution in [0.25, 0.3) is 0 Å². The first kappa shape index (κ1) is 19.3. The number of hydrogen-bond acceptors (Lipinski definition) is 6. The highest BCUT2D eigenvalue weighted by Crippen LogP contribution is 2.40. The van der Waals surface area contributed by atoms with Gasteiger partial charge in [-0.1, -0.05) is 6.92 Å². The Hall–Kier alpha value is -1.44. The SMILES string of the molecule is COC(=O)c1c(NC(=O)CN2CC(C)OCC2C)sc2c1CCC(C)C2. The molecule has 3 atom stereocenters. The summed E-state index contributed by atoms with van der Waals surface area (Å²) < 4.78 is 10.6. The second-order valence-electron chi connectivity index (χ2n) is 7.52. The standard InChI is InChI=1S/C19H28N2O4S/c1-11-5-6-14-15(7-11)26-18(17(14)19(23)24-4)20-16(22)9-21-8-13(3)25-10-12(21)2/h11-13H,5-10H2,1-4H3,(H,20,22). The molecule has 1 fully saturated rings. The average Bonchev–Trinajstić information content (AvgIpc) is 2.94. The van der Waals surface area contributed by atoms with Gasteiger partial charge in [0, 0.05) is 17.5 Å². The Morgan fingerprint density at radius 3 is 2.85 bits per heavy atom. The van der Waals surface area contributed by atoms with Crippen LogP contribution < -0.4 is 5.32 Å². The number of fused-ring (bicyclic) bond motifs is 1. The van der Waals surface area contributed by atoms with Gasteiger partial charge in [-0.05, 0) is 44.6 Å². The van der Waals surface area contributed by atoms with Crippen LogP contribution in [0.2, 0.25) is 0 Å². The van der Waals surface area contributed by atoms with Crippen molar-refractivity contribution in [2.24, 2.45) is 5.92 Å². The third-order valence-electron chi connectivity index (χ3n) is 5.24. The smallest absolute Gasteiger partial charge is 0.341 e. The lowest BCUT2D eigenvalue weighted by atomic mass is 9.88. The van der Waals surface area contributed by atoms with E-state index in [4.69, 9.17) is 9.47 Å². The molecule has 1 N–H and O–H groups in total. The van der Waals surface area contributed by atoms with Crippen molar-refractivity contribution in [3.8, 4) is 0 Å². The minimum Gasteiger partial charge on any atom is -0.465 e. The van der Waals surface area contributed by atoms with Crippen LogP contribution in [0.1, 0.15) is 48.0 Å². The van der Waals surface area contributed by atoms with E-state index in [0.29, 0.717) is 29.6 Å². The van der Waals surface area contributed by atoms with E-state index in [1.165, 1.54) is 23.3 Å². The van der Waals surface area contributed by atoms with Crippen LogP contribution in [-0.4, -0.2) is 55.7 Å². The van der Waals surface area contributed by atoms with Crippen molar-refractivity contribution in [3.63, 3.8) is 0 Å². The predicted octanol–water partition coefficient (Wildman–Crippen LogP) is 2.71. The highest BCUT2D eigenvalue weighted by atomic mass is 32.1. The number of ether oxygens (including phenoxy) is 2. The molecule has 26 heavy (non-hydrogen) atoms. The lowest BCUT2D eigenvalue weighted by Gasteiger charge is -2.36. The van der Waals surface area contributed by atoms with Gasteiger partial charge in [-0.2, -0.15) is 0 Å². The number of amides is 1. The van der Waals surface area contributed by atoms with E-state index in [2.05, 4.69) is 24.1 Å². The molecule has 7 heteroatoms. The van der Waals surface area contributed by atoms with Crippen molar-refractivity contribution in [2.75, 3.05) is 32.1 Å². The van der Waals surface area contributed by atoms with Crippen LogP contribution >= 0.6 is 11.3 Å². The normalized spacial score (nSPS) is 26.2. The first-order chi connectivity index (χ1) is 12.4. The molecule has 1 aliphatic carbocycles. The third-order valence-corrected chi connectivity index (χ3v) is 6.41. The topological polar surface area (TPSA) is 67.9 Å². The summed E-state index contributed by atoms with van der Waals surface area (Å²) in [6, 6.07) is 0.203. The van der Waals surface area contributed by atoms with Gasteiger partial charge < -0.3 is 14.8 Å².